The third-order valence-corrected chi connectivity index (χ3v) is 5.64. The van der Waals surface area contributed by atoms with Crippen LogP contribution in [0.5, 0.6) is 0 Å². The van der Waals surface area contributed by atoms with Gasteiger partial charge in [-0.05, 0) is 31.0 Å². The van der Waals surface area contributed by atoms with Crippen molar-refractivity contribution >= 4 is 39.2 Å². The van der Waals surface area contributed by atoms with Crippen molar-refractivity contribution in [3.63, 3.8) is 0 Å². The molecule has 3 aromatic rings. The van der Waals surface area contributed by atoms with Crippen LogP contribution in [-0.4, -0.2) is 56.0 Å². The molecule has 2 aromatic heterocycles. The molecule has 0 unspecified atom stereocenters. The number of fused-ring (bicyclic) bond motifs is 1. The number of aromatic nitrogens is 3. The fraction of sp³-hybridized carbons (Fsp3) is 0.316. The van der Waals surface area contributed by atoms with Crippen molar-refractivity contribution in [3.8, 4) is 11.4 Å². The number of anilines is 1. The number of thiazole rings is 1. The van der Waals surface area contributed by atoms with E-state index in [0.29, 0.717) is 24.7 Å². The molecule has 8 nitrogen and oxygen atoms in total. The van der Waals surface area contributed by atoms with Crippen LogP contribution in [0.2, 0.25) is 0 Å². The Labute approximate surface area is 165 Å². The highest BCUT2D eigenvalue weighted by molar-refractivity contribution is 7.16. The molecule has 0 bridgehead atoms. The number of carbonyl (C=O) groups excluding carboxylic acids is 1. The highest BCUT2D eigenvalue weighted by Crippen LogP contribution is 2.25. The van der Waals surface area contributed by atoms with Gasteiger partial charge in [-0.1, -0.05) is 0 Å². The van der Waals surface area contributed by atoms with Gasteiger partial charge in [-0.25, -0.2) is 19.7 Å². The van der Waals surface area contributed by atoms with E-state index in [1.54, 1.807) is 23.8 Å². The van der Waals surface area contributed by atoms with Crippen LogP contribution in [0.3, 0.4) is 0 Å². The smallest absolute Gasteiger partial charge is 0.354 e. The Bertz CT molecular complexity index is 1040. The van der Waals surface area contributed by atoms with E-state index in [9.17, 15) is 14.7 Å². The van der Waals surface area contributed by atoms with Gasteiger partial charge in [-0.2, -0.15) is 0 Å². The molecule has 1 amide bonds. The van der Waals surface area contributed by atoms with Crippen LogP contribution in [-0.2, 0) is 4.79 Å². The summed E-state index contributed by atoms with van der Waals surface area (Å²) in [6, 6.07) is 7.24. The Morgan fingerprint density at radius 1 is 1.21 bits per heavy atom. The summed E-state index contributed by atoms with van der Waals surface area (Å²) in [5.74, 6) is -0.207. The van der Waals surface area contributed by atoms with Crippen molar-refractivity contribution in [1.82, 2.24) is 19.9 Å². The van der Waals surface area contributed by atoms with Gasteiger partial charge in [0.05, 0.1) is 15.7 Å². The number of hydrogen-bond acceptors (Lipinski definition) is 7. The lowest BCUT2D eigenvalue weighted by Gasteiger charge is -2.32. The first-order valence-corrected chi connectivity index (χ1v) is 9.85. The summed E-state index contributed by atoms with van der Waals surface area (Å²) in [6.45, 7) is 2.93. The molecular formula is C19H19N5O3S. The molecule has 1 saturated heterocycles. The van der Waals surface area contributed by atoms with Crippen molar-refractivity contribution in [2.45, 2.75) is 25.8 Å². The van der Waals surface area contributed by atoms with Gasteiger partial charge in [0.15, 0.2) is 11.5 Å². The fourth-order valence-corrected chi connectivity index (χ4v) is 3.96. The summed E-state index contributed by atoms with van der Waals surface area (Å²) < 4.78 is 1.05. The zero-order valence-corrected chi connectivity index (χ0v) is 16.1. The van der Waals surface area contributed by atoms with E-state index in [2.05, 4.69) is 20.3 Å². The molecule has 9 heteroatoms. The topological polar surface area (TPSA) is 108 Å². The van der Waals surface area contributed by atoms with E-state index in [-0.39, 0.29) is 17.6 Å². The van der Waals surface area contributed by atoms with Gasteiger partial charge in [-0.15, -0.1) is 11.3 Å². The summed E-state index contributed by atoms with van der Waals surface area (Å²) >= 11 is 1.54. The predicted molar refractivity (Wildman–Crippen MR) is 107 cm³/mol. The minimum atomic E-state index is -1.10. The van der Waals surface area contributed by atoms with Crippen LogP contribution in [0.1, 0.15) is 30.3 Å². The first kappa shape index (κ1) is 18.3. The van der Waals surface area contributed by atoms with E-state index in [0.717, 1.165) is 28.6 Å². The van der Waals surface area contributed by atoms with Crippen LogP contribution in [0.4, 0.5) is 5.82 Å². The molecule has 1 fully saturated rings. The molecule has 1 aromatic carbocycles. The molecule has 0 aliphatic carbocycles. The number of carboxylic acids is 1. The normalized spacial score (nSPS) is 15.0. The standard InChI is InChI=1S/C19H19N5O3S/c1-11(25)24-6-4-13(5-7-24)21-17-9-15(19(26)27)22-18(23-17)12-2-3-16-14(8-12)20-10-28-16/h2-3,8-10,13H,4-7H2,1H3,(H,26,27)(H,21,22,23). The van der Waals surface area contributed by atoms with E-state index < -0.39 is 5.97 Å². The first-order chi connectivity index (χ1) is 13.5. The summed E-state index contributed by atoms with van der Waals surface area (Å²) in [4.78, 5) is 37.9. The quantitative estimate of drug-likeness (QED) is 0.697. The number of carboxylic acid groups (broad SMARTS) is 1. The zero-order valence-electron chi connectivity index (χ0n) is 15.3. The molecule has 0 spiro atoms. The maximum atomic E-state index is 11.5. The van der Waals surface area contributed by atoms with Crippen molar-refractivity contribution in [2.75, 3.05) is 18.4 Å². The highest BCUT2D eigenvalue weighted by atomic mass is 32.1. The second kappa shape index (κ2) is 7.51. The molecule has 1 aliphatic heterocycles. The lowest BCUT2D eigenvalue weighted by Crippen LogP contribution is -2.41. The van der Waals surface area contributed by atoms with E-state index in [1.165, 1.54) is 6.07 Å². The third kappa shape index (κ3) is 3.79. The number of benzene rings is 1. The highest BCUT2D eigenvalue weighted by Gasteiger charge is 2.22. The molecule has 0 radical (unpaired) electrons. The third-order valence-electron chi connectivity index (χ3n) is 4.83. The Morgan fingerprint density at radius 2 is 2.00 bits per heavy atom. The van der Waals surface area contributed by atoms with Crippen LogP contribution in [0.15, 0.2) is 29.8 Å². The molecular weight excluding hydrogens is 378 g/mol. The number of likely N-dealkylation sites (tertiary alicyclic amines) is 1. The molecule has 28 heavy (non-hydrogen) atoms. The Morgan fingerprint density at radius 3 is 2.71 bits per heavy atom. The number of aromatic carboxylic acids is 1. The molecule has 2 N–H and O–H groups in total. The summed E-state index contributed by atoms with van der Waals surface area (Å²) in [7, 11) is 0. The monoisotopic (exact) mass is 397 g/mol. The molecule has 144 valence electrons. The number of rotatable bonds is 4. The lowest BCUT2D eigenvalue weighted by molar-refractivity contribution is -0.129. The Balaban J connectivity index is 1.61. The minimum absolute atomic E-state index is 0.0629. The van der Waals surface area contributed by atoms with E-state index in [4.69, 9.17) is 0 Å². The molecule has 1 aliphatic rings. The Kier molecular flexibility index (Phi) is 4.91. The zero-order chi connectivity index (χ0) is 19.7. The lowest BCUT2D eigenvalue weighted by atomic mass is 10.1. The van der Waals surface area contributed by atoms with Crippen molar-refractivity contribution in [3.05, 3.63) is 35.5 Å². The molecule has 4 rings (SSSR count). The number of amides is 1. The molecule has 0 saturated carbocycles. The number of nitrogens with zero attached hydrogens (tertiary/aromatic N) is 4. The van der Waals surface area contributed by atoms with Gasteiger partial charge < -0.3 is 15.3 Å². The van der Waals surface area contributed by atoms with Crippen molar-refractivity contribution in [1.29, 1.82) is 0 Å². The maximum Gasteiger partial charge on any atom is 0.354 e. The molecule has 3 heterocycles. The first-order valence-electron chi connectivity index (χ1n) is 8.97. The predicted octanol–water partition coefficient (Wildman–Crippen LogP) is 2.87. The van der Waals surface area contributed by atoms with Crippen LogP contribution in [0.25, 0.3) is 21.6 Å². The number of nitrogens with one attached hydrogen (secondary N) is 1. The van der Waals surface area contributed by atoms with E-state index >= 15 is 0 Å². The van der Waals surface area contributed by atoms with Crippen LogP contribution < -0.4 is 5.32 Å². The van der Waals surface area contributed by atoms with E-state index in [1.807, 2.05) is 23.1 Å². The van der Waals surface area contributed by atoms with Gasteiger partial charge >= 0.3 is 5.97 Å². The van der Waals surface area contributed by atoms with Gasteiger partial charge in [0.1, 0.15) is 5.82 Å². The van der Waals surface area contributed by atoms with Gasteiger partial charge in [-0.3, -0.25) is 4.79 Å². The van der Waals surface area contributed by atoms with Crippen molar-refractivity contribution < 1.29 is 14.7 Å². The summed E-state index contributed by atoms with van der Waals surface area (Å²) in [5, 5.41) is 12.8. The average molecular weight is 397 g/mol. The number of piperidine rings is 1. The summed E-state index contributed by atoms with van der Waals surface area (Å²) in [6.07, 6.45) is 1.57. The van der Waals surface area contributed by atoms with Gasteiger partial charge in [0.2, 0.25) is 5.91 Å². The van der Waals surface area contributed by atoms with Gasteiger partial charge in [0, 0.05) is 37.7 Å². The second-order valence-electron chi connectivity index (χ2n) is 6.73. The minimum Gasteiger partial charge on any atom is -0.477 e. The number of carbonyl (C=O) groups is 2. The van der Waals surface area contributed by atoms with Crippen molar-refractivity contribution in [2.24, 2.45) is 0 Å². The fourth-order valence-electron chi connectivity index (χ4n) is 3.30. The Hall–Kier alpha value is -3.07. The van der Waals surface area contributed by atoms with Crippen LogP contribution >= 0.6 is 11.3 Å². The second-order valence-corrected chi connectivity index (χ2v) is 7.61. The maximum absolute atomic E-state index is 11.5. The van der Waals surface area contributed by atoms with Gasteiger partial charge in [0.25, 0.3) is 0 Å². The summed E-state index contributed by atoms with van der Waals surface area (Å²) in [5.41, 5.74) is 3.25. The van der Waals surface area contributed by atoms with Crippen LogP contribution in [0, 0.1) is 0 Å². The molecule has 0 atom stereocenters. The largest absolute Gasteiger partial charge is 0.477 e. The number of hydrogen-bond donors (Lipinski definition) is 2. The SMILES string of the molecule is CC(=O)N1CCC(Nc2cc(C(=O)O)nc(-c3ccc4scnc4c3)n2)CC1. The average Bonchev–Trinajstić information content (AvgIpc) is 3.16.